The highest BCUT2D eigenvalue weighted by atomic mass is 15.1. The Morgan fingerprint density at radius 2 is 1.88 bits per heavy atom. The van der Waals surface area contributed by atoms with Crippen LogP contribution in [0.1, 0.15) is 18.4 Å². The number of hydrogen-bond donors (Lipinski definition) is 1. The van der Waals surface area contributed by atoms with Gasteiger partial charge in [0.25, 0.3) is 0 Å². The molecule has 0 saturated carbocycles. The van der Waals surface area contributed by atoms with Crippen LogP contribution < -0.4 is 10.2 Å². The molecule has 1 saturated heterocycles. The van der Waals surface area contributed by atoms with E-state index in [1.165, 1.54) is 18.5 Å². The third-order valence-corrected chi connectivity index (χ3v) is 4.54. The van der Waals surface area contributed by atoms with E-state index in [2.05, 4.69) is 44.2 Å². The number of rotatable bonds is 4. The molecule has 1 fully saturated rings. The molecule has 0 aliphatic carbocycles. The van der Waals surface area contributed by atoms with Crippen molar-refractivity contribution in [2.75, 3.05) is 23.3 Å². The lowest BCUT2D eigenvalue weighted by molar-refractivity contribution is 0.949. The van der Waals surface area contributed by atoms with Gasteiger partial charge < -0.3 is 10.2 Å². The predicted molar refractivity (Wildman–Crippen MR) is 101 cm³/mol. The molecule has 1 aliphatic heterocycles. The van der Waals surface area contributed by atoms with Crippen LogP contribution in [-0.2, 0) is 0 Å². The summed E-state index contributed by atoms with van der Waals surface area (Å²) in [7, 11) is 0. The number of benzene rings is 1. The van der Waals surface area contributed by atoms with Crippen LogP contribution in [0.15, 0.2) is 55.0 Å². The first-order valence-corrected chi connectivity index (χ1v) is 8.66. The Balaban J connectivity index is 1.61. The maximum Gasteiger partial charge on any atom is 0.227 e. The van der Waals surface area contributed by atoms with Crippen molar-refractivity contribution in [3.05, 3.63) is 60.6 Å². The zero-order chi connectivity index (χ0) is 17.1. The minimum atomic E-state index is 0.596. The van der Waals surface area contributed by atoms with Gasteiger partial charge in [-0.15, -0.1) is 0 Å². The summed E-state index contributed by atoms with van der Waals surface area (Å²) in [5, 5.41) is 3.30. The SMILES string of the molecule is Cc1ccccc1Nc1nccc(-c2cncc(N3CCCC3)c2)n1. The van der Waals surface area contributed by atoms with E-state index in [4.69, 9.17) is 0 Å². The lowest BCUT2D eigenvalue weighted by Crippen LogP contribution is -2.17. The zero-order valence-corrected chi connectivity index (χ0v) is 14.3. The molecule has 0 spiro atoms. The van der Waals surface area contributed by atoms with Gasteiger partial charge in [0.15, 0.2) is 0 Å². The molecule has 1 aromatic carbocycles. The molecule has 3 heterocycles. The van der Waals surface area contributed by atoms with E-state index in [9.17, 15) is 0 Å². The van der Waals surface area contributed by atoms with Gasteiger partial charge in [-0.3, -0.25) is 4.98 Å². The van der Waals surface area contributed by atoms with E-state index in [0.29, 0.717) is 5.95 Å². The van der Waals surface area contributed by atoms with Gasteiger partial charge in [-0.2, -0.15) is 0 Å². The largest absolute Gasteiger partial charge is 0.370 e. The minimum Gasteiger partial charge on any atom is -0.370 e. The number of aryl methyl sites for hydroxylation is 1. The van der Waals surface area contributed by atoms with Crippen LogP contribution in [0.3, 0.4) is 0 Å². The van der Waals surface area contributed by atoms with Crippen LogP contribution in [0.5, 0.6) is 0 Å². The van der Waals surface area contributed by atoms with Gasteiger partial charge in [0.1, 0.15) is 0 Å². The molecule has 0 bridgehead atoms. The van der Waals surface area contributed by atoms with Crippen molar-refractivity contribution in [1.82, 2.24) is 15.0 Å². The van der Waals surface area contributed by atoms with E-state index < -0.39 is 0 Å². The van der Waals surface area contributed by atoms with Crippen molar-refractivity contribution in [2.45, 2.75) is 19.8 Å². The first kappa shape index (κ1) is 15.6. The van der Waals surface area contributed by atoms with Crippen molar-refractivity contribution in [1.29, 1.82) is 0 Å². The van der Waals surface area contributed by atoms with Gasteiger partial charge in [-0.05, 0) is 43.5 Å². The molecule has 2 aromatic heterocycles. The second-order valence-electron chi connectivity index (χ2n) is 6.33. The monoisotopic (exact) mass is 331 g/mol. The first-order chi connectivity index (χ1) is 12.3. The van der Waals surface area contributed by atoms with Crippen molar-refractivity contribution in [3.63, 3.8) is 0 Å². The third-order valence-electron chi connectivity index (χ3n) is 4.54. The zero-order valence-electron chi connectivity index (χ0n) is 14.3. The molecule has 0 amide bonds. The Hall–Kier alpha value is -2.95. The summed E-state index contributed by atoms with van der Waals surface area (Å²) in [4.78, 5) is 15.8. The van der Waals surface area contributed by atoms with Gasteiger partial charge in [0.2, 0.25) is 5.95 Å². The lowest BCUT2D eigenvalue weighted by Gasteiger charge is -2.17. The minimum absolute atomic E-state index is 0.596. The van der Waals surface area contributed by atoms with Crippen molar-refractivity contribution in [3.8, 4) is 11.3 Å². The Bertz CT molecular complexity index is 871. The molecule has 0 unspecified atom stereocenters. The standard InChI is InChI=1S/C20H21N5/c1-15-6-2-3-7-18(15)23-20-22-9-8-19(24-20)16-12-17(14-21-13-16)25-10-4-5-11-25/h2-3,6-9,12-14H,4-5,10-11H2,1H3,(H,22,23,24). The quantitative estimate of drug-likeness (QED) is 0.777. The van der Waals surface area contributed by atoms with Crippen molar-refractivity contribution in [2.24, 2.45) is 0 Å². The van der Waals surface area contributed by atoms with Crippen LogP contribution in [0.25, 0.3) is 11.3 Å². The van der Waals surface area contributed by atoms with Gasteiger partial charge in [-0.25, -0.2) is 9.97 Å². The fraction of sp³-hybridized carbons (Fsp3) is 0.250. The molecular formula is C20H21N5. The van der Waals surface area contributed by atoms with Crippen molar-refractivity contribution < 1.29 is 0 Å². The number of nitrogens with zero attached hydrogens (tertiary/aromatic N) is 4. The summed E-state index contributed by atoms with van der Waals surface area (Å²) in [5.41, 5.74) is 5.24. The highest BCUT2D eigenvalue weighted by molar-refractivity contribution is 5.66. The van der Waals surface area contributed by atoms with Crippen molar-refractivity contribution >= 4 is 17.3 Å². The fourth-order valence-corrected chi connectivity index (χ4v) is 3.13. The fourth-order valence-electron chi connectivity index (χ4n) is 3.13. The summed E-state index contributed by atoms with van der Waals surface area (Å²) in [6, 6.07) is 12.2. The van der Waals surface area contributed by atoms with Gasteiger partial charge >= 0.3 is 0 Å². The maximum absolute atomic E-state index is 4.67. The average molecular weight is 331 g/mol. The van der Waals surface area contributed by atoms with Crippen LogP contribution in [0.4, 0.5) is 17.3 Å². The molecule has 25 heavy (non-hydrogen) atoms. The number of pyridine rings is 1. The van der Waals surface area contributed by atoms with Crippen LogP contribution in [-0.4, -0.2) is 28.0 Å². The maximum atomic E-state index is 4.67. The Labute approximate surface area is 147 Å². The molecule has 1 aliphatic rings. The topological polar surface area (TPSA) is 53.9 Å². The third kappa shape index (κ3) is 3.45. The Morgan fingerprint density at radius 3 is 2.72 bits per heavy atom. The predicted octanol–water partition coefficient (Wildman–Crippen LogP) is 4.19. The van der Waals surface area contributed by atoms with Gasteiger partial charge in [-0.1, -0.05) is 18.2 Å². The molecule has 5 nitrogen and oxygen atoms in total. The average Bonchev–Trinajstić information content (AvgIpc) is 3.19. The van der Waals surface area contributed by atoms with E-state index in [0.717, 1.165) is 35.6 Å². The number of aromatic nitrogens is 3. The second-order valence-corrected chi connectivity index (χ2v) is 6.33. The van der Waals surface area contributed by atoms with E-state index in [1.807, 2.05) is 36.7 Å². The molecule has 0 atom stereocenters. The summed E-state index contributed by atoms with van der Waals surface area (Å²) in [6.45, 7) is 4.28. The first-order valence-electron chi connectivity index (χ1n) is 8.66. The molecular weight excluding hydrogens is 310 g/mol. The van der Waals surface area contributed by atoms with E-state index in [1.54, 1.807) is 6.20 Å². The number of hydrogen-bond acceptors (Lipinski definition) is 5. The van der Waals surface area contributed by atoms with Crippen LogP contribution >= 0.6 is 0 Å². The summed E-state index contributed by atoms with van der Waals surface area (Å²) in [5.74, 6) is 0.596. The molecule has 126 valence electrons. The number of nitrogens with one attached hydrogen (secondary N) is 1. The molecule has 0 radical (unpaired) electrons. The highest BCUT2D eigenvalue weighted by Gasteiger charge is 2.13. The Kier molecular flexibility index (Phi) is 4.29. The smallest absolute Gasteiger partial charge is 0.227 e. The molecule has 4 rings (SSSR count). The summed E-state index contributed by atoms with van der Waals surface area (Å²) >= 11 is 0. The highest BCUT2D eigenvalue weighted by Crippen LogP contribution is 2.25. The number of anilines is 3. The van der Waals surface area contributed by atoms with Crippen LogP contribution in [0, 0.1) is 6.92 Å². The normalized spacial score (nSPS) is 13.9. The molecule has 3 aromatic rings. The van der Waals surface area contributed by atoms with Gasteiger partial charge in [0, 0.05) is 36.7 Å². The molecule has 1 N–H and O–H groups in total. The molecule has 5 heteroatoms. The summed E-state index contributed by atoms with van der Waals surface area (Å²) < 4.78 is 0. The Morgan fingerprint density at radius 1 is 1.04 bits per heavy atom. The van der Waals surface area contributed by atoms with E-state index >= 15 is 0 Å². The van der Waals surface area contributed by atoms with Gasteiger partial charge in [0.05, 0.1) is 17.6 Å². The second kappa shape index (κ2) is 6.89. The van der Waals surface area contributed by atoms with E-state index in [-0.39, 0.29) is 0 Å². The number of para-hydroxylation sites is 1. The summed E-state index contributed by atoms with van der Waals surface area (Å²) in [6.07, 6.45) is 8.08. The van der Waals surface area contributed by atoms with Crippen LogP contribution in [0.2, 0.25) is 0 Å². The lowest BCUT2D eigenvalue weighted by atomic mass is 10.2.